The Morgan fingerprint density at radius 1 is 1.26 bits per heavy atom. The van der Waals surface area contributed by atoms with E-state index in [1.54, 1.807) is 43.2 Å². The molecule has 0 aliphatic rings. The van der Waals surface area contributed by atoms with E-state index >= 15 is 0 Å². The van der Waals surface area contributed by atoms with E-state index in [1.165, 1.54) is 12.1 Å². The minimum absolute atomic E-state index is 0.312. The number of aromatic nitrogens is 3. The highest BCUT2D eigenvalue weighted by Gasteiger charge is 2.17. The fraction of sp³-hybridized carbons (Fsp3) is 0.211. The molecule has 2 heterocycles. The SMILES string of the molecule is CNc1cc(-c2cc(NC(=O)[C@@H](N)Cc3ccc(F)cc3)n(C)n2)ccn1. The summed E-state index contributed by atoms with van der Waals surface area (Å²) in [6.07, 6.45) is 2.00. The van der Waals surface area contributed by atoms with Gasteiger partial charge in [0.05, 0.1) is 11.7 Å². The van der Waals surface area contributed by atoms with Gasteiger partial charge in [-0.05, 0) is 36.2 Å². The molecule has 1 aromatic carbocycles. The first-order valence-electron chi connectivity index (χ1n) is 8.45. The molecular formula is C19H21FN6O. The summed E-state index contributed by atoms with van der Waals surface area (Å²) in [7, 11) is 3.53. The van der Waals surface area contributed by atoms with Crippen LogP contribution in [-0.2, 0) is 18.3 Å². The molecule has 7 nitrogen and oxygen atoms in total. The lowest BCUT2D eigenvalue weighted by atomic mass is 10.1. The van der Waals surface area contributed by atoms with Crippen molar-refractivity contribution in [1.82, 2.24) is 14.8 Å². The van der Waals surface area contributed by atoms with Crippen molar-refractivity contribution in [3.8, 4) is 11.3 Å². The van der Waals surface area contributed by atoms with Crippen molar-refractivity contribution >= 4 is 17.5 Å². The monoisotopic (exact) mass is 368 g/mol. The van der Waals surface area contributed by atoms with Crippen molar-refractivity contribution in [3.63, 3.8) is 0 Å². The Hall–Kier alpha value is -3.26. The highest BCUT2D eigenvalue weighted by atomic mass is 19.1. The molecule has 0 saturated carbocycles. The highest BCUT2D eigenvalue weighted by molar-refractivity contribution is 5.94. The summed E-state index contributed by atoms with van der Waals surface area (Å²) >= 11 is 0. The number of carbonyl (C=O) groups excluding carboxylic acids is 1. The van der Waals surface area contributed by atoms with Gasteiger partial charge >= 0.3 is 0 Å². The van der Waals surface area contributed by atoms with Crippen LogP contribution in [0.5, 0.6) is 0 Å². The van der Waals surface area contributed by atoms with Gasteiger partial charge in [0, 0.05) is 31.9 Å². The second-order valence-corrected chi connectivity index (χ2v) is 6.14. The molecule has 0 aliphatic heterocycles. The molecule has 0 aliphatic carbocycles. The van der Waals surface area contributed by atoms with Crippen molar-refractivity contribution < 1.29 is 9.18 Å². The zero-order chi connectivity index (χ0) is 19.4. The van der Waals surface area contributed by atoms with Gasteiger partial charge in [0.1, 0.15) is 17.5 Å². The maximum atomic E-state index is 13.0. The zero-order valence-corrected chi connectivity index (χ0v) is 15.1. The molecule has 0 spiro atoms. The number of halogens is 1. The van der Waals surface area contributed by atoms with Crippen LogP contribution in [0.1, 0.15) is 5.56 Å². The van der Waals surface area contributed by atoms with E-state index in [-0.39, 0.29) is 11.7 Å². The molecule has 0 bridgehead atoms. The lowest BCUT2D eigenvalue weighted by Gasteiger charge is -2.12. The maximum Gasteiger partial charge on any atom is 0.242 e. The van der Waals surface area contributed by atoms with E-state index in [0.29, 0.717) is 17.9 Å². The Balaban J connectivity index is 1.70. The summed E-state index contributed by atoms with van der Waals surface area (Å²) in [5.74, 6) is 0.605. The molecule has 1 amide bonds. The van der Waals surface area contributed by atoms with E-state index in [4.69, 9.17) is 5.73 Å². The summed E-state index contributed by atoms with van der Waals surface area (Å²) in [5.41, 5.74) is 8.36. The quantitative estimate of drug-likeness (QED) is 0.619. The van der Waals surface area contributed by atoms with Gasteiger partial charge in [-0.1, -0.05) is 12.1 Å². The number of amides is 1. The van der Waals surface area contributed by atoms with Crippen LogP contribution in [0, 0.1) is 5.82 Å². The Kier molecular flexibility index (Phi) is 5.46. The van der Waals surface area contributed by atoms with Gasteiger partial charge in [0.15, 0.2) is 0 Å². The number of benzene rings is 1. The molecule has 0 radical (unpaired) electrons. The van der Waals surface area contributed by atoms with Crippen LogP contribution in [0.4, 0.5) is 16.0 Å². The van der Waals surface area contributed by atoms with Crippen LogP contribution < -0.4 is 16.4 Å². The molecular weight excluding hydrogens is 347 g/mol. The van der Waals surface area contributed by atoms with Crippen LogP contribution >= 0.6 is 0 Å². The summed E-state index contributed by atoms with van der Waals surface area (Å²) < 4.78 is 14.6. The Morgan fingerprint density at radius 2 is 2.00 bits per heavy atom. The summed E-state index contributed by atoms with van der Waals surface area (Å²) in [4.78, 5) is 16.6. The Morgan fingerprint density at radius 3 is 2.70 bits per heavy atom. The second kappa shape index (κ2) is 7.96. The van der Waals surface area contributed by atoms with Gasteiger partial charge in [-0.15, -0.1) is 0 Å². The molecule has 3 aromatic rings. The minimum Gasteiger partial charge on any atom is -0.373 e. The first kappa shape index (κ1) is 18.5. The number of aryl methyl sites for hydroxylation is 1. The van der Waals surface area contributed by atoms with Gasteiger partial charge < -0.3 is 16.4 Å². The van der Waals surface area contributed by atoms with E-state index in [1.807, 2.05) is 12.1 Å². The highest BCUT2D eigenvalue weighted by Crippen LogP contribution is 2.23. The summed E-state index contributed by atoms with van der Waals surface area (Å²) in [6.45, 7) is 0. The average Bonchev–Trinajstić information content (AvgIpc) is 3.04. The van der Waals surface area contributed by atoms with Crippen LogP contribution in [0.3, 0.4) is 0 Å². The lowest BCUT2D eigenvalue weighted by molar-refractivity contribution is -0.117. The normalized spacial score (nSPS) is 11.9. The number of rotatable bonds is 6. The van der Waals surface area contributed by atoms with Crippen LogP contribution in [-0.4, -0.2) is 33.8 Å². The molecule has 0 saturated heterocycles. The molecule has 140 valence electrons. The number of carbonyl (C=O) groups is 1. The smallest absolute Gasteiger partial charge is 0.242 e. The Labute approximate surface area is 156 Å². The Bertz CT molecular complexity index is 938. The minimum atomic E-state index is -0.759. The summed E-state index contributed by atoms with van der Waals surface area (Å²) in [5, 5.41) is 10.2. The third kappa shape index (κ3) is 4.48. The van der Waals surface area contributed by atoms with Crippen molar-refractivity contribution in [2.75, 3.05) is 17.7 Å². The van der Waals surface area contributed by atoms with E-state index < -0.39 is 6.04 Å². The van der Waals surface area contributed by atoms with E-state index in [9.17, 15) is 9.18 Å². The number of nitrogens with one attached hydrogen (secondary N) is 2. The van der Waals surface area contributed by atoms with E-state index in [2.05, 4.69) is 20.7 Å². The predicted molar refractivity (Wildman–Crippen MR) is 103 cm³/mol. The van der Waals surface area contributed by atoms with Gasteiger partial charge in [0.2, 0.25) is 5.91 Å². The second-order valence-electron chi connectivity index (χ2n) is 6.14. The van der Waals surface area contributed by atoms with Gasteiger partial charge in [0.25, 0.3) is 0 Å². The summed E-state index contributed by atoms with van der Waals surface area (Å²) in [6, 6.07) is 10.7. The average molecular weight is 368 g/mol. The molecule has 0 unspecified atom stereocenters. The largest absolute Gasteiger partial charge is 0.373 e. The topological polar surface area (TPSA) is 97.9 Å². The zero-order valence-electron chi connectivity index (χ0n) is 15.1. The van der Waals surface area contributed by atoms with Gasteiger partial charge in [-0.3, -0.25) is 9.48 Å². The molecule has 0 fully saturated rings. The molecule has 3 rings (SSSR count). The lowest BCUT2D eigenvalue weighted by Crippen LogP contribution is -2.37. The molecule has 1 atom stereocenters. The maximum absolute atomic E-state index is 13.0. The standard InChI is InChI=1S/C19H21FN6O/c1-22-17-10-13(7-8-23-17)16-11-18(26(2)25-16)24-19(27)15(21)9-12-3-5-14(20)6-4-12/h3-8,10-11,15H,9,21H2,1-2H3,(H,22,23)(H,24,27)/t15-/m0/s1. The number of pyridine rings is 1. The number of hydrogen-bond donors (Lipinski definition) is 3. The van der Waals surface area contributed by atoms with Crippen molar-refractivity contribution in [2.45, 2.75) is 12.5 Å². The fourth-order valence-corrected chi connectivity index (χ4v) is 2.64. The van der Waals surface area contributed by atoms with Crippen molar-refractivity contribution in [3.05, 3.63) is 60.0 Å². The third-order valence-electron chi connectivity index (χ3n) is 4.15. The predicted octanol–water partition coefficient (Wildman–Crippen LogP) is 2.17. The molecule has 2 aromatic heterocycles. The van der Waals surface area contributed by atoms with Crippen molar-refractivity contribution in [2.24, 2.45) is 12.8 Å². The number of nitrogens with two attached hydrogens (primary N) is 1. The first-order valence-corrected chi connectivity index (χ1v) is 8.45. The number of hydrogen-bond acceptors (Lipinski definition) is 5. The van der Waals surface area contributed by atoms with Gasteiger partial charge in [-0.25, -0.2) is 9.37 Å². The molecule has 8 heteroatoms. The van der Waals surface area contributed by atoms with Crippen LogP contribution in [0.15, 0.2) is 48.7 Å². The van der Waals surface area contributed by atoms with Crippen LogP contribution in [0.2, 0.25) is 0 Å². The third-order valence-corrected chi connectivity index (χ3v) is 4.15. The number of anilines is 2. The molecule has 27 heavy (non-hydrogen) atoms. The first-order chi connectivity index (χ1) is 13.0. The van der Waals surface area contributed by atoms with Gasteiger partial charge in [-0.2, -0.15) is 5.10 Å². The molecule has 4 N–H and O–H groups in total. The van der Waals surface area contributed by atoms with Crippen molar-refractivity contribution in [1.29, 1.82) is 0 Å². The van der Waals surface area contributed by atoms with Crippen LogP contribution in [0.25, 0.3) is 11.3 Å². The number of nitrogens with zero attached hydrogens (tertiary/aromatic N) is 3. The van der Waals surface area contributed by atoms with E-state index in [0.717, 1.165) is 16.9 Å². The fourth-order valence-electron chi connectivity index (χ4n) is 2.64.